The number of carbonyl (C=O) groups excluding carboxylic acids is 1. The number of carbonyl (C=O) groups is 1. The second-order valence-corrected chi connectivity index (χ2v) is 4.43. The van der Waals surface area contributed by atoms with Crippen LogP contribution in [0.5, 0.6) is 17.2 Å². The number of halogens is 2. The van der Waals surface area contributed by atoms with Crippen LogP contribution in [0, 0.1) is 0 Å². The zero-order valence-electron chi connectivity index (χ0n) is 12.5. The number of amides is 1. The van der Waals surface area contributed by atoms with Crippen molar-refractivity contribution in [2.24, 2.45) is 0 Å². The van der Waals surface area contributed by atoms with Crippen molar-refractivity contribution >= 4 is 11.6 Å². The minimum absolute atomic E-state index is 0.0114. The molecule has 2 aromatic rings. The molecule has 2 rings (SSSR count). The molecule has 0 atom stereocenters. The zero-order valence-corrected chi connectivity index (χ0v) is 12.5. The molecule has 1 N–H and O–H groups in total. The molecule has 0 heterocycles. The minimum Gasteiger partial charge on any atom is -0.493 e. The van der Waals surface area contributed by atoms with Gasteiger partial charge in [-0.1, -0.05) is 0 Å². The average molecular weight is 323 g/mol. The predicted octanol–water partition coefficient (Wildman–Crippen LogP) is 3.56. The summed E-state index contributed by atoms with van der Waals surface area (Å²) in [5.41, 5.74) is 0.821. The standard InChI is InChI=1S/C16H15F2NO4/c1-21-13-8-5-11(9-14(13)22-2)19-15(20)10-3-6-12(7-4-10)23-16(17)18/h3-9,16H,1-2H3,(H,19,20). The van der Waals surface area contributed by atoms with Crippen LogP contribution < -0.4 is 19.5 Å². The highest BCUT2D eigenvalue weighted by Gasteiger charge is 2.10. The van der Waals surface area contributed by atoms with Crippen LogP contribution in [0.25, 0.3) is 0 Å². The molecule has 2 aromatic carbocycles. The Morgan fingerprint density at radius 3 is 2.22 bits per heavy atom. The van der Waals surface area contributed by atoms with Gasteiger partial charge in [0.15, 0.2) is 11.5 Å². The van der Waals surface area contributed by atoms with Crippen LogP contribution in [-0.2, 0) is 0 Å². The van der Waals surface area contributed by atoms with Gasteiger partial charge < -0.3 is 19.5 Å². The van der Waals surface area contributed by atoms with Crippen LogP contribution in [0.15, 0.2) is 42.5 Å². The molecule has 23 heavy (non-hydrogen) atoms. The Balaban J connectivity index is 2.09. The molecule has 0 aliphatic rings. The van der Waals surface area contributed by atoms with Crippen LogP contribution in [0.3, 0.4) is 0 Å². The lowest BCUT2D eigenvalue weighted by atomic mass is 10.2. The highest BCUT2D eigenvalue weighted by atomic mass is 19.3. The number of nitrogens with one attached hydrogen (secondary N) is 1. The molecule has 122 valence electrons. The maximum Gasteiger partial charge on any atom is 0.387 e. The Kier molecular flexibility index (Phi) is 5.35. The lowest BCUT2D eigenvalue weighted by molar-refractivity contribution is -0.0498. The molecule has 1 amide bonds. The highest BCUT2D eigenvalue weighted by molar-refractivity contribution is 6.04. The Morgan fingerprint density at radius 2 is 1.65 bits per heavy atom. The Hall–Kier alpha value is -2.83. The first-order chi connectivity index (χ1) is 11.0. The second-order valence-electron chi connectivity index (χ2n) is 4.43. The van der Waals surface area contributed by atoms with Crippen LogP contribution >= 0.6 is 0 Å². The van der Waals surface area contributed by atoms with Gasteiger partial charge in [-0.3, -0.25) is 4.79 Å². The molecule has 0 saturated heterocycles. The van der Waals surface area contributed by atoms with E-state index < -0.39 is 6.61 Å². The lowest BCUT2D eigenvalue weighted by Crippen LogP contribution is -2.12. The summed E-state index contributed by atoms with van der Waals surface area (Å²) in [5.74, 6) is 0.619. The summed E-state index contributed by atoms with van der Waals surface area (Å²) in [6, 6.07) is 10.3. The van der Waals surface area contributed by atoms with Gasteiger partial charge >= 0.3 is 6.61 Å². The van der Waals surface area contributed by atoms with Gasteiger partial charge in [0, 0.05) is 17.3 Å². The molecule has 0 aliphatic carbocycles. The summed E-state index contributed by atoms with van der Waals surface area (Å²) in [5, 5.41) is 2.68. The summed E-state index contributed by atoms with van der Waals surface area (Å²) in [4.78, 5) is 12.1. The molecular formula is C16H15F2NO4. The fraction of sp³-hybridized carbons (Fsp3) is 0.188. The molecular weight excluding hydrogens is 308 g/mol. The summed E-state index contributed by atoms with van der Waals surface area (Å²) in [7, 11) is 3.00. The third-order valence-electron chi connectivity index (χ3n) is 2.98. The molecule has 0 radical (unpaired) electrons. The number of hydrogen-bond donors (Lipinski definition) is 1. The first kappa shape index (κ1) is 16.5. The minimum atomic E-state index is -2.90. The van der Waals surface area contributed by atoms with E-state index in [4.69, 9.17) is 9.47 Å². The fourth-order valence-electron chi connectivity index (χ4n) is 1.90. The van der Waals surface area contributed by atoms with Gasteiger partial charge in [-0.15, -0.1) is 0 Å². The predicted molar refractivity (Wildman–Crippen MR) is 80.6 cm³/mol. The number of ether oxygens (including phenoxy) is 3. The summed E-state index contributed by atoms with van der Waals surface area (Å²) in [6.07, 6.45) is 0. The summed E-state index contributed by atoms with van der Waals surface area (Å²) in [6.45, 7) is -2.90. The third-order valence-corrected chi connectivity index (χ3v) is 2.98. The van der Waals surface area contributed by atoms with Crippen LogP contribution in [-0.4, -0.2) is 26.7 Å². The topological polar surface area (TPSA) is 56.8 Å². The Labute approximate surface area is 131 Å². The quantitative estimate of drug-likeness (QED) is 0.883. The van der Waals surface area contributed by atoms with Crippen LogP contribution in [0.4, 0.5) is 14.5 Å². The molecule has 0 bridgehead atoms. The van der Waals surface area contributed by atoms with Gasteiger partial charge in [0.25, 0.3) is 5.91 Å². The molecule has 0 fully saturated rings. The SMILES string of the molecule is COc1ccc(NC(=O)c2ccc(OC(F)F)cc2)cc1OC. The van der Waals surface area contributed by atoms with E-state index in [1.165, 1.54) is 38.5 Å². The first-order valence-corrected chi connectivity index (χ1v) is 6.61. The van der Waals surface area contributed by atoms with Crippen LogP contribution in [0.1, 0.15) is 10.4 Å². The Morgan fingerprint density at radius 1 is 1.00 bits per heavy atom. The average Bonchev–Trinajstić information content (AvgIpc) is 2.54. The smallest absolute Gasteiger partial charge is 0.387 e. The number of anilines is 1. The van der Waals surface area contributed by atoms with Crippen molar-refractivity contribution in [2.45, 2.75) is 6.61 Å². The molecule has 0 aliphatic heterocycles. The van der Waals surface area contributed by atoms with Gasteiger partial charge in [0.2, 0.25) is 0 Å². The highest BCUT2D eigenvalue weighted by Crippen LogP contribution is 2.30. The number of alkyl halides is 2. The van der Waals surface area contributed by atoms with Gasteiger partial charge in [-0.05, 0) is 36.4 Å². The largest absolute Gasteiger partial charge is 0.493 e. The van der Waals surface area contributed by atoms with E-state index in [-0.39, 0.29) is 11.7 Å². The number of benzene rings is 2. The van der Waals surface area contributed by atoms with Gasteiger partial charge in [0.1, 0.15) is 5.75 Å². The van der Waals surface area contributed by atoms with Crippen LogP contribution in [0.2, 0.25) is 0 Å². The van der Waals surface area contributed by atoms with Crippen molar-refractivity contribution in [2.75, 3.05) is 19.5 Å². The summed E-state index contributed by atoms with van der Waals surface area (Å²) >= 11 is 0. The molecule has 0 spiro atoms. The molecule has 5 nitrogen and oxygen atoms in total. The fourth-order valence-corrected chi connectivity index (χ4v) is 1.90. The molecule has 0 aromatic heterocycles. The van der Waals surface area contributed by atoms with E-state index >= 15 is 0 Å². The monoisotopic (exact) mass is 323 g/mol. The third kappa shape index (κ3) is 4.32. The van der Waals surface area contributed by atoms with Crippen molar-refractivity contribution < 1.29 is 27.8 Å². The normalized spacial score (nSPS) is 10.3. The van der Waals surface area contributed by atoms with E-state index in [1.807, 2.05) is 0 Å². The van der Waals surface area contributed by atoms with E-state index in [9.17, 15) is 13.6 Å². The van der Waals surface area contributed by atoms with Crippen molar-refractivity contribution in [3.8, 4) is 17.2 Å². The Bertz CT molecular complexity index is 674. The summed E-state index contributed by atoms with van der Waals surface area (Å²) < 4.78 is 38.6. The van der Waals surface area contributed by atoms with E-state index in [0.29, 0.717) is 22.7 Å². The van der Waals surface area contributed by atoms with Gasteiger partial charge in [-0.2, -0.15) is 8.78 Å². The van der Waals surface area contributed by atoms with Gasteiger partial charge in [-0.25, -0.2) is 0 Å². The number of rotatable bonds is 6. The number of hydrogen-bond acceptors (Lipinski definition) is 4. The lowest BCUT2D eigenvalue weighted by Gasteiger charge is -2.11. The zero-order chi connectivity index (χ0) is 16.8. The van der Waals surface area contributed by atoms with E-state index in [2.05, 4.69) is 10.1 Å². The van der Waals surface area contributed by atoms with Gasteiger partial charge in [0.05, 0.1) is 14.2 Å². The molecule has 0 saturated carbocycles. The van der Waals surface area contributed by atoms with Crippen molar-refractivity contribution in [1.82, 2.24) is 0 Å². The molecule has 0 unspecified atom stereocenters. The van der Waals surface area contributed by atoms with E-state index in [1.54, 1.807) is 18.2 Å². The van der Waals surface area contributed by atoms with E-state index in [0.717, 1.165) is 0 Å². The van der Waals surface area contributed by atoms with Crippen molar-refractivity contribution in [1.29, 1.82) is 0 Å². The van der Waals surface area contributed by atoms with Crippen molar-refractivity contribution in [3.63, 3.8) is 0 Å². The maximum absolute atomic E-state index is 12.1. The van der Waals surface area contributed by atoms with Crippen molar-refractivity contribution in [3.05, 3.63) is 48.0 Å². The number of methoxy groups -OCH3 is 2. The molecule has 7 heteroatoms. The second kappa shape index (κ2) is 7.44. The maximum atomic E-state index is 12.1. The first-order valence-electron chi connectivity index (χ1n) is 6.61.